The van der Waals surface area contributed by atoms with Crippen molar-refractivity contribution >= 4 is 17.5 Å². The Morgan fingerprint density at radius 3 is 2.79 bits per heavy atom. The van der Waals surface area contributed by atoms with Crippen LogP contribution in [0.25, 0.3) is 0 Å². The van der Waals surface area contributed by atoms with Crippen molar-refractivity contribution < 1.29 is 4.79 Å². The van der Waals surface area contributed by atoms with Gasteiger partial charge in [-0.3, -0.25) is 4.79 Å². The van der Waals surface area contributed by atoms with E-state index in [1.807, 2.05) is 10.8 Å². The SMILES string of the molecule is O=C(NCC#CCn1ccnc1)c1ccc(Cl)cc1. The molecule has 0 bridgehead atoms. The summed E-state index contributed by atoms with van der Waals surface area (Å²) in [6.07, 6.45) is 5.23. The summed E-state index contributed by atoms with van der Waals surface area (Å²) < 4.78 is 1.86. The minimum absolute atomic E-state index is 0.159. The van der Waals surface area contributed by atoms with Crippen LogP contribution in [0.15, 0.2) is 43.0 Å². The number of amides is 1. The first kappa shape index (κ1) is 13.2. The molecule has 5 heteroatoms. The van der Waals surface area contributed by atoms with E-state index in [0.717, 1.165) is 0 Å². The van der Waals surface area contributed by atoms with E-state index in [4.69, 9.17) is 11.6 Å². The van der Waals surface area contributed by atoms with Crippen molar-refractivity contribution in [2.75, 3.05) is 6.54 Å². The van der Waals surface area contributed by atoms with E-state index in [0.29, 0.717) is 23.7 Å². The van der Waals surface area contributed by atoms with E-state index in [9.17, 15) is 4.79 Å². The van der Waals surface area contributed by atoms with Crippen LogP contribution < -0.4 is 5.32 Å². The molecule has 0 aliphatic carbocycles. The van der Waals surface area contributed by atoms with Crippen molar-refractivity contribution in [1.29, 1.82) is 0 Å². The second-order valence-electron chi connectivity index (χ2n) is 3.78. The van der Waals surface area contributed by atoms with Crippen LogP contribution in [0.2, 0.25) is 5.02 Å². The van der Waals surface area contributed by atoms with E-state index < -0.39 is 0 Å². The van der Waals surface area contributed by atoms with Gasteiger partial charge in [-0.1, -0.05) is 23.4 Å². The largest absolute Gasteiger partial charge is 0.341 e. The molecule has 1 heterocycles. The normalized spacial score (nSPS) is 9.53. The number of imidazole rings is 1. The van der Waals surface area contributed by atoms with Gasteiger partial charge in [0.25, 0.3) is 5.91 Å². The zero-order valence-electron chi connectivity index (χ0n) is 10.1. The summed E-state index contributed by atoms with van der Waals surface area (Å²) in [4.78, 5) is 15.6. The molecule has 1 aromatic carbocycles. The third-order valence-corrected chi connectivity index (χ3v) is 2.64. The summed E-state index contributed by atoms with van der Waals surface area (Å²) in [5.74, 6) is 5.66. The lowest BCUT2D eigenvalue weighted by Crippen LogP contribution is -2.23. The Kier molecular flexibility index (Phi) is 4.60. The smallest absolute Gasteiger partial charge is 0.252 e. The van der Waals surface area contributed by atoms with Crippen molar-refractivity contribution in [2.45, 2.75) is 6.54 Å². The summed E-state index contributed by atoms with van der Waals surface area (Å²) in [5.41, 5.74) is 0.570. The van der Waals surface area contributed by atoms with Gasteiger partial charge in [0.2, 0.25) is 0 Å². The van der Waals surface area contributed by atoms with Crippen LogP contribution in [-0.2, 0) is 6.54 Å². The van der Waals surface area contributed by atoms with Crippen LogP contribution in [0.1, 0.15) is 10.4 Å². The molecular weight excluding hydrogens is 262 g/mol. The first-order valence-corrected chi connectivity index (χ1v) is 6.09. The summed E-state index contributed by atoms with van der Waals surface area (Å²) in [6.45, 7) is 0.882. The number of rotatable bonds is 3. The number of aromatic nitrogens is 2. The summed E-state index contributed by atoms with van der Waals surface area (Å²) in [6, 6.07) is 6.72. The van der Waals surface area contributed by atoms with Crippen molar-refractivity contribution in [1.82, 2.24) is 14.9 Å². The predicted octanol–water partition coefficient (Wildman–Crippen LogP) is 1.97. The highest BCUT2D eigenvalue weighted by Crippen LogP contribution is 2.08. The number of carbonyl (C=O) groups excluding carboxylic acids is 1. The maximum absolute atomic E-state index is 11.7. The zero-order chi connectivity index (χ0) is 13.5. The number of nitrogens with zero attached hydrogens (tertiary/aromatic N) is 2. The molecule has 0 spiro atoms. The lowest BCUT2D eigenvalue weighted by molar-refractivity contribution is 0.0958. The molecule has 0 saturated heterocycles. The third-order valence-electron chi connectivity index (χ3n) is 2.39. The lowest BCUT2D eigenvalue weighted by atomic mass is 10.2. The Labute approximate surface area is 116 Å². The Morgan fingerprint density at radius 1 is 1.32 bits per heavy atom. The van der Waals surface area contributed by atoms with Crippen molar-refractivity contribution in [2.24, 2.45) is 0 Å². The van der Waals surface area contributed by atoms with E-state index in [1.54, 1.807) is 36.8 Å². The number of hydrogen-bond donors (Lipinski definition) is 1. The van der Waals surface area contributed by atoms with E-state index >= 15 is 0 Å². The maximum Gasteiger partial charge on any atom is 0.252 e. The fourth-order valence-electron chi connectivity index (χ4n) is 1.42. The molecular formula is C14H12ClN3O. The molecule has 19 heavy (non-hydrogen) atoms. The van der Waals surface area contributed by atoms with Crippen LogP contribution in [0, 0.1) is 11.8 Å². The second-order valence-corrected chi connectivity index (χ2v) is 4.21. The molecule has 0 aliphatic rings. The van der Waals surface area contributed by atoms with Crippen LogP contribution in [0.3, 0.4) is 0 Å². The van der Waals surface area contributed by atoms with Gasteiger partial charge in [0.05, 0.1) is 19.4 Å². The average molecular weight is 274 g/mol. The van der Waals surface area contributed by atoms with Gasteiger partial charge in [-0.05, 0) is 24.3 Å². The maximum atomic E-state index is 11.7. The van der Waals surface area contributed by atoms with Gasteiger partial charge < -0.3 is 9.88 Å². The highest BCUT2D eigenvalue weighted by Gasteiger charge is 2.02. The quantitative estimate of drug-likeness (QED) is 0.869. The summed E-state index contributed by atoms with van der Waals surface area (Å²) >= 11 is 5.75. The zero-order valence-corrected chi connectivity index (χ0v) is 10.9. The fourth-order valence-corrected chi connectivity index (χ4v) is 1.54. The summed E-state index contributed by atoms with van der Waals surface area (Å²) in [7, 11) is 0. The van der Waals surface area contributed by atoms with E-state index in [1.165, 1.54) is 0 Å². The van der Waals surface area contributed by atoms with Crippen LogP contribution in [0.4, 0.5) is 0 Å². The lowest BCUT2D eigenvalue weighted by Gasteiger charge is -2.01. The number of halogens is 1. The number of nitrogens with one attached hydrogen (secondary N) is 1. The third kappa shape index (κ3) is 4.16. The average Bonchev–Trinajstić information content (AvgIpc) is 2.92. The molecule has 96 valence electrons. The molecule has 0 fully saturated rings. The van der Waals surface area contributed by atoms with Gasteiger partial charge in [0, 0.05) is 23.0 Å². The Bertz CT molecular complexity index is 594. The second kappa shape index (κ2) is 6.62. The molecule has 4 nitrogen and oxygen atoms in total. The van der Waals surface area contributed by atoms with Gasteiger partial charge in [0.15, 0.2) is 0 Å². The topological polar surface area (TPSA) is 46.9 Å². The Morgan fingerprint density at radius 2 is 2.11 bits per heavy atom. The van der Waals surface area contributed by atoms with Crippen molar-refractivity contribution in [3.63, 3.8) is 0 Å². The van der Waals surface area contributed by atoms with Gasteiger partial charge in [0.1, 0.15) is 0 Å². The minimum Gasteiger partial charge on any atom is -0.341 e. The molecule has 0 aliphatic heterocycles. The molecule has 0 atom stereocenters. The monoisotopic (exact) mass is 273 g/mol. The molecule has 2 aromatic rings. The predicted molar refractivity (Wildman–Crippen MR) is 73.8 cm³/mol. The van der Waals surface area contributed by atoms with Crippen LogP contribution >= 0.6 is 11.6 Å². The first-order valence-electron chi connectivity index (χ1n) is 5.71. The number of benzene rings is 1. The van der Waals surface area contributed by atoms with E-state index in [-0.39, 0.29) is 5.91 Å². The first-order chi connectivity index (χ1) is 9.25. The number of carbonyl (C=O) groups is 1. The van der Waals surface area contributed by atoms with Crippen molar-refractivity contribution in [3.8, 4) is 11.8 Å². The highest BCUT2D eigenvalue weighted by atomic mass is 35.5. The Hall–Kier alpha value is -2.25. The van der Waals surface area contributed by atoms with E-state index in [2.05, 4.69) is 22.1 Å². The van der Waals surface area contributed by atoms with Gasteiger partial charge in [-0.25, -0.2) is 4.98 Å². The fraction of sp³-hybridized carbons (Fsp3) is 0.143. The van der Waals surface area contributed by atoms with Crippen molar-refractivity contribution in [3.05, 3.63) is 53.6 Å². The number of hydrogen-bond acceptors (Lipinski definition) is 2. The molecule has 1 amide bonds. The van der Waals surface area contributed by atoms with Gasteiger partial charge >= 0.3 is 0 Å². The van der Waals surface area contributed by atoms with Gasteiger partial charge in [-0.2, -0.15) is 0 Å². The van der Waals surface area contributed by atoms with Gasteiger partial charge in [-0.15, -0.1) is 0 Å². The van der Waals surface area contributed by atoms with Crippen LogP contribution in [-0.4, -0.2) is 22.0 Å². The molecule has 0 unspecified atom stereocenters. The molecule has 1 N–H and O–H groups in total. The molecule has 2 rings (SSSR count). The molecule has 1 aromatic heterocycles. The minimum atomic E-state index is -0.159. The Balaban J connectivity index is 1.78. The molecule has 0 radical (unpaired) electrons. The summed E-state index contributed by atoms with van der Waals surface area (Å²) in [5, 5.41) is 3.33. The standard InChI is InChI=1S/C14H12ClN3O/c15-13-5-3-12(4-6-13)14(19)17-7-1-2-9-18-10-8-16-11-18/h3-6,8,10-11H,7,9H2,(H,17,19). The highest BCUT2D eigenvalue weighted by molar-refractivity contribution is 6.30. The molecule has 0 saturated carbocycles. The van der Waals surface area contributed by atoms with Crippen LogP contribution in [0.5, 0.6) is 0 Å².